The molecule has 4 aromatic rings. The predicted octanol–water partition coefficient (Wildman–Crippen LogP) is 6.00. The Morgan fingerprint density at radius 3 is 2.06 bits per heavy atom. The van der Waals surface area contributed by atoms with Gasteiger partial charge in [-0.25, -0.2) is 14.8 Å². The highest BCUT2D eigenvalue weighted by molar-refractivity contribution is 6.99. The summed E-state index contributed by atoms with van der Waals surface area (Å²) >= 11 is 0. The van der Waals surface area contributed by atoms with Crippen LogP contribution in [-0.4, -0.2) is 73.2 Å². The standard InChI is InChI=1S/C39H50N4O4Si/c1-26-22-31-32(41-37(40)42-35(31)36(44)46-38(2,3)4)23-30(26)27-18-20-43(21-19-27)33-24-45-25-34(33)47-48(39(5,6)7,28-14-10-8-11-15-28)29-16-12-9-13-17-29/h8-17,22-23,27,33-34H,18-21,24-25H2,1-7H3,(H2,40,41,42). The molecule has 2 unspecified atom stereocenters. The molecule has 0 saturated carbocycles. The van der Waals surface area contributed by atoms with E-state index in [1.807, 2.05) is 26.8 Å². The lowest BCUT2D eigenvalue weighted by molar-refractivity contribution is 0.00653. The summed E-state index contributed by atoms with van der Waals surface area (Å²) in [7, 11) is -2.71. The lowest BCUT2D eigenvalue weighted by Crippen LogP contribution is -2.69. The van der Waals surface area contributed by atoms with E-state index >= 15 is 0 Å². The molecule has 254 valence electrons. The van der Waals surface area contributed by atoms with Crippen molar-refractivity contribution in [3.8, 4) is 0 Å². The van der Waals surface area contributed by atoms with Gasteiger partial charge in [0.05, 0.1) is 30.9 Å². The van der Waals surface area contributed by atoms with Gasteiger partial charge in [0.2, 0.25) is 5.95 Å². The second kappa shape index (κ2) is 13.3. The Balaban J connectivity index is 1.23. The molecule has 0 bridgehead atoms. The summed E-state index contributed by atoms with van der Waals surface area (Å²) in [4.78, 5) is 24.4. The number of anilines is 1. The monoisotopic (exact) mass is 666 g/mol. The van der Waals surface area contributed by atoms with E-state index in [1.54, 1.807) is 0 Å². The van der Waals surface area contributed by atoms with E-state index in [0.717, 1.165) is 31.5 Å². The number of nitrogens with zero attached hydrogens (tertiary/aromatic N) is 3. The number of aromatic nitrogens is 2. The molecule has 0 spiro atoms. The van der Waals surface area contributed by atoms with Crippen molar-refractivity contribution in [3.05, 3.63) is 89.6 Å². The van der Waals surface area contributed by atoms with Crippen LogP contribution in [0.3, 0.4) is 0 Å². The van der Waals surface area contributed by atoms with Crippen molar-refractivity contribution < 1.29 is 18.7 Å². The molecular formula is C39H50N4O4Si. The predicted molar refractivity (Wildman–Crippen MR) is 195 cm³/mol. The SMILES string of the molecule is Cc1cc2c(C(=O)OC(C)(C)C)nc(N)nc2cc1C1CCN(C2COCC2O[Si](c2ccccc2)(c2ccccc2)C(C)(C)C)CC1. The zero-order valence-electron chi connectivity index (χ0n) is 29.5. The molecule has 2 fully saturated rings. The van der Waals surface area contributed by atoms with Gasteiger partial charge in [0.1, 0.15) is 5.60 Å². The minimum atomic E-state index is -2.71. The lowest BCUT2D eigenvalue weighted by atomic mass is 9.85. The fourth-order valence-electron chi connectivity index (χ4n) is 7.68. The summed E-state index contributed by atoms with van der Waals surface area (Å²) in [5, 5.41) is 3.15. The van der Waals surface area contributed by atoms with Crippen LogP contribution in [-0.2, 0) is 13.9 Å². The fourth-order valence-corrected chi connectivity index (χ4v) is 12.4. The maximum atomic E-state index is 13.0. The molecule has 0 radical (unpaired) electrons. The van der Waals surface area contributed by atoms with E-state index in [9.17, 15) is 4.79 Å². The highest BCUT2D eigenvalue weighted by Gasteiger charge is 2.53. The lowest BCUT2D eigenvalue weighted by Gasteiger charge is -2.46. The Labute approximate surface area is 286 Å². The van der Waals surface area contributed by atoms with Crippen LogP contribution in [0.5, 0.6) is 0 Å². The third-order valence-electron chi connectivity index (χ3n) is 9.88. The molecular weight excluding hydrogens is 617 g/mol. The number of hydrogen-bond acceptors (Lipinski definition) is 8. The van der Waals surface area contributed by atoms with Gasteiger partial charge in [0, 0.05) is 5.39 Å². The largest absolute Gasteiger partial charge is 0.455 e. The molecule has 0 aliphatic carbocycles. The maximum Gasteiger partial charge on any atom is 0.358 e. The number of piperidine rings is 1. The molecule has 2 aliphatic heterocycles. The Kier molecular flexibility index (Phi) is 9.52. The normalized spacial score (nSPS) is 19.9. The second-order valence-corrected chi connectivity index (χ2v) is 19.6. The van der Waals surface area contributed by atoms with Crippen LogP contribution >= 0.6 is 0 Å². The number of benzene rings is 3. The first-order valence-electron chi connectivity index (χ1n) is 17.2. The maximum absolute atomic E-state index is 13.0. The van der Waals surface area contributed by atoms with Gasteiger partial charge < -0.3 is 19.6 Å². The summed E-state index contributed by atoms with van der Waals surface area (Å²) < 4.78 is 19.4. The van der Waals surface area contributed by atoms with E-state index in [0.29, 0.717) is 30.0 Å². The van der Waals surface area contributed by atoms with Crippen LogP contribution < -0.4 is 16.1 Å². The molecule has 2 atom stereocenters. The average Bonchev–Trinajstić information content (AvgIpc) is 3.51. The van der Waals surface area contributed by atoms with Gasteiger partial charge in [-0.15, -0.1) is 0 Å². The number of carbonyl (C=O) groups is 1. The molecule has 48 heavy (non-hydrogen) atoms. The zero-order chi connectivity index (χ0) is 34.3. The van der Waals surface area contributed by atoms with Crippen molar-refractivity contribution in [3.63, 3.8) is 0 Å². The summed E-state index contributed by atoms with van der Waals surface area (Å²) in [6.07, 6.45) is 1.99. The van der Waals surface area contributed by atoms with E-state index < -0.39 is 19.9 Å². The molecule has 2 aliphatic rings. The van der Waals surface area contributed by atoms with Crippen LogP contribution in [0.4, 0.5) is 5.95 Å². The van der Waals surface area contributed by atoms with Gasteiger partial charge in [-0.3, -0.25) is 4.90 Å². The third-order valence-corrected chi connectivity index (χ3v) is 14.9. The third kappa shape index (κ3) is 6.79. The number of esters is 1. The summed E-state index contributed by atoms with van der Waals surface area (Å²) in [6.45, 7) is 17.8. The number of ether oxygens (including phenoxy) is 2. The van der Waals surface area contributed by atoms with Gasteiger partial charge in [-0.2, -0.15) is 0 Å². The Morgan fingerprint density at radius 2 is 1.50 bits per heavy atom. The topological polar surface area (TPSA) is 99.8 Å². The molecule has 2 N–H and O–H groups in total. The average molecular weight is 667 g/mol. The van der Waals surface area contributed by atoms with Gasteiger partial charge >= 0.3 is 5.97 Å². The zero-order valence-corrected chi connectivity index (χ0v) is 30.5. The molecule has 2 saturated heterocycles. The Morgan fingerprint density at radius 1 is 0.896 bits per heavy atom. The number of likely N-dealkylation sites (tertiary alicyclic amines) is 1. The summed E-state index contributed by atoms with van der Waals surface area (Å²) in [5.41, 5.74) is 8.70. The number of carbonyl (C=O) groups excluding carboxylic acids is 1. The van der Waals surface area contributed by atoms with Gasteiger partial charge in [0.25, 0.3) is 8.32 Å². The van der Waals surface area contributed by atoms with Crippen molar-refractivity contribution in [2.24, 2.45) is 0 Å². The number of aryl methyl sites for hydroxylation is 1. The number of hydrogen-bond donors (Lipinski definition) is 1. The molecule has 6 rings (SSSR count). The van der Waals surface area contributed by atoms with Crippen LogP contribution in [0.2, 0.25) is 5.04 Å². The minimum Gasteiger partial charge on any atom is -0.455 e. The van der Waals surface area contributed by atoms with Crippen LogP contribution in [0.1, 0.15) is 81.9 Å². The number of fused-ring (bicyclic) bond motifs is 1. The molecule has 3 aromatic carbocycles. The summed E-state index contributed by atoms with van der Waals surface area (Å²) in [6, 6.07) is 26.0. The minimum absolute atomic E-state index is 0.0267. The molecule has 3 heterocycles. The highest BCUT2D eigenvalue weighted by Crippen LogP contribution is 2.40. The first kappa shape index (κ1) is 34.2. The van der Waals surface area contributed by atoms with Crippen LogP contribution in [0, 0.1) is 6.92 Å². The molecule has 1 aromatic heterocycles. The van der Waals surface area contributed by atoms with E-state index in [-0.39, 0.29) is 28.8 Å². The van der Waals surface area contributed by atoms with Crippen LogP contribution in [0.25, 0.3) is 10.9 Å². The molecule has 0 amide bonds. The molecule has 8 nitrogen and oxygen atoms in total. The number of nitrogens with two attached hydrogens (primary N) is 1. The van der Waals surface area contributed by atoms with Crippen molar-refractivity contribution in [1.82, 2.24) is 14.9 Å². The Hall–Kier alpha value is -3.63. The van der Waals surface area contributed by atoms with Gasteiger partial charge in [0.15, 0.2) is 5.69 Å². The van der Waals surface area contributed by atoms with Crippen molar-refractivity contribution in [2.45, 2.75) is 90.0 Å². The molecule has 9 heteroatoms. The second-order valence-electron chi connectivity index (χ2n) is 15.4. The first-order chi connectivity index (χ1) is 22.8. The number of rotatable bonds is 7. The van der Waals surface area contributed by atoms with Crippen LogP contribution in [0.15, 0.2) is 72.8 Å². The van der Waals surface area contributed by atoms with E-state index in [2.05, 4.69) is 109 Å². The first-order valence-corrected chi connectivity index (χ1v) is 19.1. The van der Waals surface area contributed by atoms with Crippen molar-refractivity contribution in [2.75, 3.05) is 32.0 Å². The van der Waals surface area contributed by atoms with E-state index in [4.69, 9.17) is 19.6 Å². The Bertz CT molecular complexity index is 1710. The van der Waals surface area contributed by atoms with Crippen molar-refractivity contribution in [1.29, 1.82) is 0 Å². The number of nitrogen functional groups attached to an aromatic ring is 1. The fraction of sp³-hybridized carbons (Fsp3) is 0.462. The van der Waals surface area contributed by atoms with E-state index in [1.165, 1.54) is 15.9 Å². The van der Waals surface area contributed by atoms with Crippen molar-refractivity contribution >= 4 is 41.5 Å². The highest BCUT2D eigenvalue weighted by atomic mass is 28.4. The smallest absolute Gasteiger partial charge is 0.358 e. The quantitative estimate of drug-likeness (QED) is 0.190. The van der Waals surface area contributed by atoms with Gasteiger partial charge in [-0.05, 0) is 98.2 Å². The summed E-state index contributed by atoms with van der Waals surface area (Å²) in [5.74, 6) is -0.0537. The van der Waals surface area contributed by atoms with Gasteiger partial charge in [-0.1, -0.05) is 81.4 Å².